The summed E-state index contributed by atoms with van der Waals surface area (Å²) >= 11 is 1.60. The van der Waals surface area contributed by atoms with E-state index in [1.807, 2.05) is 24.3 Å². The number of para-hydroxylation sites is 1. The van der Waals surface area contributed by atoms with Gasteiger partial charge in [0.15, 0.2) is 6.61 Å². The van der Waals surface area contributed by atoms with Gasteiger partial charge in [0.2, 0.25) is 0 Å². The van der Waals surface area contributed by atoms with Crippen LogP contribution in [0.1, 0.15) is 56.9 Å². The summed E-state index contributed by atoms with van der Waals surface area (Å²) in [4.78, 5) is 29.1. The summed E-state index contributed by atoms with van der Waals surface area (Å²) in [6.07, 6.45) is 8.73. The molecule has 1 aromatic heterocycles. The Balaban J connectivity index is 1.08. The second-order valence-electron chi connectivity index (χ2n) is 9.81. The fourth-order valence-electron chi connectivity index (χ4n) is 6.60. The third-order valence-electron chi connectivity index (χ3n) is 7.63. The Bertz CT molecular complexity index is 885. The van der Waals surface area contributed by atoms with Gasteiger partial charge < -0.3 is 10.1 Å². The van der Waals surface area contributed by atoms with E-state index < -0.39 is 0 Å². The van der Waals surface area contributed by atoms with Gasteiger partial charge in [-0.15, -0.1) is 11.3 Å². The van der Waals surface area contributed by atoms with Gasteiger partial charge in [-0.05, 0) is 80.8 Å². The highest BCUT2D eigenvalue weighted by Gasteiger charge is 2.53. The first kappa shape index (κ1) is 20.0. The molecule has 6 heteroatoms. The number of fused-ring (bicyclic) bond motifs is 1. The summed E-state index contributed by atoms with van der Waals surface area (Å²) in [6, 6.07) is 8.11. The predicted molar refractivity (Wildman–Crippen MR) is 117 cm³/mol. The summed E-state index contributed by atoms with van der Waals surface area (Å²) in [5.74, 6) is 2.06. The van der Waals surface area contributed by atoms with Gasteiger partial charge >= 0.3 is 5.97 Å². The van der Waals surface area contributed by atoms with Gasteiger partial charge in [-0.1, -0.05) is 12.1 Å². The molecule has 4 saturated carbocycles. The van der Waals surface area contributed by atoms with Crippen molar-refractivity contribution >= 4 is 33.4 Å². The van der Waals surface area contributed by atoms with Crippen LogP contribution in [0.5, 0.6) is 0 Å². The highest BCUT2D eigenvalue weighted by Crippen LogP contribution is 2.61. The normalized spacial score (nSPS) is 30.4. The molecule has 6 rings (SSSR count). The molecule has 160 valence electrons. The van der Waals surface area contributed by atoms with Gasteiger partial charge in [-0.25, -0.2) is 4.98 Å². The number of carbonyl (C=O) groups excluding carboxylic acids is 2. The molecular formula is C24H30N2O3S. The summed E-state index contributed by atoms with van der Waals surface area (Å²) in [5, 5.41) is 4.08. The van der Waals surface area contributed by atoms with Crippen LogP contribution in [0.4, 0.5) is 0 Å². The quantitative estimate of drug-likeness (QED) is 0.662. The molecule has 30 heavy (non-hydrogen) atoms. The zero-order valence-electron chi connectivity index (χ0n) is 17.6. The van der Waals surface area contributed by atoms with Crippen LogP contribution in [0.25, 0.3) is 10.2 Å². The van der Waals surface area contributed by atoms with Crippen LogP contribution in [0.2, 0.25) is 0 Å². The van der Waals surface area contributed by atoms with E-state index in [1.54, 1.807) is 11.3 Å². The molecule has 1 N–H and O–H groups in total. The molecule has 0 spiro atoms. The molecule has 0 aliphatic heterocycles. The van der Waals surface area contributed by atoms with Crippen molar-refractivity contribution in [3.05, 3.63) is 29.3 Å². The van der Waals surface area contributed by atoms with Gasteiger partial charge in [0.25, 0.3) is 5.91 Å². The fourth-order valence-corrected chi connectivity index (χ4v) is 7.57. The minimum absolute atomic E-state index is 0.153. The standard InChI is InChI=1S/C24H30N2O3S/c1-15(24-11-16-8-17(12-24)10-18(9-16)13-24)25-21(27)14-29-23(28)7-6-22-26-19-4-2-3-5-20(19)30-22/h2-5,15-18H,6-14H2,1H3,(H,25,27)/t15-,16?,17?,18?,24?/m1/s1. The van der Waals surface area contributed by atoms with Crippen LogP contribution in [0.15, 0.2) is 24.3 Å². The van der Waals surface area contributed by atoms with Gasteiger partial charge in [-0.2, -0.15) is 0 Å². The Kier molecular flexibility index (Phi) is 5.30. The Labute approximate surface area is 181 Å². The second kappa shape index (κ2) is 7.95. The average molecular weight is 427 g/mol. The third kappa shape index (κ3) is 3.98. The lowest BCUT2D eigenvalue weighted by molar-refractivity contribution is -0.149. The maximum Gasteiger partial charge on any atom is 0.306 e. The van der Waals surface area contributed by atoms with E-state index in [0.717, 1.165) is 33.0 Å². The Hall–Kier alpha value is -1.95. The molecule has 4 bridgehead atoms. The highest BCUT2D eigenvalue weighted by molar-refractivity contribution is 7.18. The molecule has 5 nitrogen and oxygen atoms in total. The number of aryl methyl sites for hydroxylation is 1. The van der Waals surface area contributed by atoms with Crippen molar-refractivity contribution in [2.45, 2.75) is 64.3 Å². The van der Waals surface area contributed by atoms with E-state index in [-0.39, 0.29) is 36.4 Å². The summed E-state index contributed by atoms with van der Waals surface area (Å²) in [6.45, 7) is 1.97. The number of esters is 1. The summed E-state index contributed by atoms with van der Waals surface area (Å²) in [5.41, 5.74) is 1.23. The lowest BCUT2D eigenvalue weighted by Gasteiger charge is -2.59. The molecule has 1 heterocycles. The van der Waals surface area contributed by atoms with Crippen LogP contribution in [-0.2, 0) is 20.7 Å². The molecule has 4 aliphatic carbocycles. The average Bonchev–Trinajstić information content (AvgIpc) is 3.13. The number of hydrogen-bond acceptors (Lipinski definition) is 5. The van der Waals surface area contributed by atoms with Crippen LogP contribution >= 0.6 is 11.3 Å². The van der Waals surface area contributed by atoms with Gasteiger partial charge in [0.1, 0.15) is 0 Å². The number of benzene rings is 1. The molecular weight excluding hydrogens is 396 g/mol. The summed E-state index contributed by atoms with van der Waals surface area (Å²) in [7, 11) is 0. The van der Waals surface area contributed by atoms with Crippen molar-refractivity contribution in [1.29, 1.82) is 0 Å². The number of rotatable bonds is 7. The number of carbonyl (C=O) groups is 2. The molecule has 1 atom stereocenters. The van der Waals surface area contributed by atoms with Crippen molar-refractivity contribution in [2.75, 3.05) is 6.61 Å². The Morgan fingerprint density at radius 2 is 1.83 bits per heavy atom. The lowest BCUT2D eigenvalue weighted by atomic mass is 9.48. The Morgan fingerprint density at radius 1 is 1.17 bits per heavy atom. The highest BCUT2D eigenvalue weighted by atomic mass is 32.1. The first-order valence-electron chi connectivity index (χ1n) is 11.3. The van der Waals surface area contributed by atoms with Crippen LogP contribution in [0, 0.1) is 23.2 Å². The molecule has 0 unspecified atom stereocenters. The monoisotopic (exact) mass is 426 g/mol. The number of amides is 1. The van der Waals surface area contributed by atoms with E-state index in [2.05, 4.69) is 17.2 Å². The summed E-state index contributed by atoms with van der Waals surface area (Å²) < 4.78 is 6.37. The minimum atomic E-state index is -0.341. The van der Waals surface area contributed by atoms with Gasteiger partial charge in [0, 0.05) is 12.5 Å². The van der Waals surface area contributed by atoms with Crippen molar-refractivity contribution in [2.24, 2.45) is 23.2 Å². The predicted octanol–water partition coefficient (Wildman–Crippen LogP) is 4.49. The maximum atomic E-state index is 12.4. The molecule has 4 aliphatic rings. The number of nitrogens with zero attached hydrogens (tertiary/aromatic N) is 1. The van der Waals surface area contributed by atoms with Crippen molar-refractivity contribution in [3.63, 3.8) is 0 Å². The second-order valence-corrected chi connectivity index (χ2v) is 10.9. The fraction of sp³-hybridized carbons (Fsp3) is 0.625. The number of aromatic nitrogens is 1. The lowest BCUT2D eigenvalue weighted by Crippen LogP contribution is -2.56. The zero-order valence-corrected chi connectivity index (χ0v) is 18.4. The number of ether oxygens (including phenoxy) is 1. The largest absolute Gasteiger partial charge is 0.456 e. The van der Waals surface area contributed by atoms with Crippen molar-refractivity contribution in [1.82, 2.24) is 10.3 Å². The van der Waals surface area contributed by atoms with Crippen molar-refractivity contribution < 1.29 is 14.3 Å². The SMILES string of the molecule is C[C@@H](NC(=O)COC(=O)CCc1nc2ccccc2s1)C12CC3CC(CC(C3)C1)C2. The first-order valence-corrected chi connectivity index (χ1v) is 12.1. The van der Waals surface area contributed by atoms with Gasteiger partial charge in [0.05, 0.1) is 21.6 Å². The number of thiazole rings is 1. The smallest absolute Gasteiger partial charge is 0.306 e. The number of hydrogen-bond donors (Lipinski definition) is 1. The van der Waals surface area contributed by atoms with Gasteiger partial charge in [-0.3, -0.25) is 9.59 Å². The maximum absolute atomic E-state index is 12.4. The Morgan fingerprint density at radius 3 is 2.50 bits per heavy atom. The topological polar surface area (TPSA) is 68.3 Å². The molecule has 1 aromatic carbocycles. The molecule has 4 fully saturated rings. The van der Waals surface area contributed by atoms with E-state index in [4.69, 9.17) is 4.74 Å². The van der Waals surface area contributed by atoms with Crippen molar-refractivity contribution in [3.8, 4) is 0 Å². The number of nitrogens with one attached hydrogen (secondary N) is 1. The van der Waals surface area contributed by atoms with Crippen LogP contribution < -0.4 is 5.32 Å². The van der Waals surface area contributed by atoms with E-state index in [1.165, 1.54) is 38.5 Å². The van der Waals surface area contributed by atoms with Crippen LogP contribution in [-0.4, -0.2) is 29.5 Å². The first-order chi connectivity index (χ1) is 14.5. The molecule has 2 aromatic rings. The molecule has 0 radical (unpaired) electrons. The van der Waals surface area contributed by atoms with E-state index >= 15 is 0 Å². The third-order valence-corrected chi connectivity index (χ3v) is 8.72. The van der Waals surface area contributed by atoms with E-state index in [0.29, 0.717) is 6.42 Å². The molecule has 0 saturated heterocycles. The zero-order chi connectivity index (χ0) is 20.7. The van der Waals surface area contributed by atoms with Crippen LogP contribution in [0.3, 0.4) is 0 Å². The molecule has 1 amide bonds. The van der Waals surface area contributed by atoms with E-state index in [9.17, 15) is 9.59 Å². The minimum Gasteiger partial charge on any atom is -0.456 e.